The molecule has 1 saturated carbocycles. The highest BCUT2D eigenvalue weighted by molar-refractivity contribution is 4.77. The molecule has 0 unspecified atom stereocenters. The summed E-state index contributed by atoms with van der Waals surface area (Å²) in [5.74, 6) is 0. The molecule has 1 aliphatic rings. The van der Waals surface area contributed by atoms with Gasteiger partial charge >= 0.3 is 0 Å². The van der Waals surface area contributed by atoms with Gasteiger partial charge in [0, 0.05) is 0 Å². The van der Waals surface area contributed by atoms with Crippen LogP contribution in [0.3, 0.4) is 0 Å². The summed E-state index contributed by atoms with van der Waals surface area (Å²) in [4.78, 5) is 0. The second-order valence-electron chi connectivity index (χ2n) is 4.43. The van der Waals surface area contributed by atoms with E-state index in [1.54, 1.807) is 0 Å². The van der Waals surface area contributed by atoms with E-state index in [1.807, 2.05) is 0 Å². The Kier molecular flexibility index (Phi) is 11.0. The Morgan fingerprint density at radius 1 is 0.833 bits per heavy atom. The van der Waals surface area contributed by atoms with Crippen LogP contribution in [-0.4, -0.2) is 0 Å². The summed E-state index contributed by atoms with van der Waals surface area (Å²) in [6.45, 7) is 13.2. The van der Waals surface area contributed by atoms with Crippen LogP contribution >= 0.6 is 0 Å². The van der Waals surface area contributed by atoms with Gasteiger partial charge in [0.15, 0.2) is 0 Å². The Morgan fingerprint density at radius 2 is 1.00 bits per heavy atom. The van der Waals surface area contributed by atoms with E-state index in [0.717, 1.165) is 5.41 Å². The fourth-order valence-electron chi connectivity index (χ4n) is 0.884. The van der Waals surface area contributed by atoms with Crippen LogP contribution in [0.15, 0.2) is 0 Å². The van der Waals surface area contributed by atoms with Crippen LogP contribution in [0.2, 0.25) is 0 Å². The zero-order valence-electron chi connectivity index (χ0n) is 10.0. The lowest BCUT2D eigenvalue weighted by Crippen LogP contribution is -2.20. The van der Waals surface area contributed by atoms with Crippen molar-refractivity contribution in [2.24, 2.45) is 5.41 Å². The minimum absolute atomic E-state index is 0.722. The summed E-state index contributed by atoms with van der Waals surface area (Å²) < 4.78 is 0. The van der Waals surface area contributed by atoms with E-state index in [1.165, 1.54) is 32.1 Å². The number of hydrogen-bond acceptors (Lipinski definition) is 0. The standard InChI is InChI=1S/C6H12.2C3H8/c1-6(2)4-3-5-6;2*1-3-2/h3-5H2,1-2H3;2*3H2,1-2H3. The Morgan fingerprint density at radius 3 is 1.00 bits per heavy atom. The van der Waals surface area contributed by atoms with Gasteiger partial charge in [0.05, 0.1) is 0 Å². The Bertz CT molecular complexity index is 64.1. The number of hydrogen-bond donors (Lipinski definition) is 0. The largest absolute Gasteiger partial charge is 0.0656 e. The van der Waals surface area contributed by atoms with E-state index in [-0.39, 0.29) is 0 Å². The number of rotatable bonds is 0. The monoisotopic (exact) mass is 172 g/mol. The van der Waals surface area contributed by atoms with Crippen LogP contribution < -0.4 is 0 Å². The van der Waals surface area contributed by atoms with Gasteiger partial charge in [-0.15, -0.1) is 0 Å². The summed E-state index contributed by atoms with van der Waals surface area (Å²) in [6, 6.07) is 0. The smallest absolute Gasteiger partial charge is 0.0354 e. The molecule has 0 atom stereocenters. The summed E-state index contributed by atoms with van der Waals surface area (Å²) >= 11 is 0. The molecule has 0 aliphatic heterocycles. The van der Waals surface area contributed by atoms with Gasteiger partial charge in [-0.2, -0.15) is 0 Å². The molecule has 0 saturated heterocycles. The maximum Gasteiger partial charge on any atom is -0.0354 e. The molecule has 0 aromatic rings. The van der Waals surface area contributed by atoms with Crippen LogP contribution in [0.5, 0.6) is 0 Å². The van der Waals surface area contributed by atoms with Crippen molar-refractivity contribution in [2.45, 2.75) is 73.6 Å². The minimum Gasteiger partial charge on any atom is -0.0656 e. The first-order valence-corrected chi connectivity index (χ1v) is 5.54. The first kappa shape index (κ1) is 14.5. The quantitative estimate of drug-likeness (QED) is 0.481. The third-order valence-corrected chi connectivity index (χ3v) is 1.71. The molecule has 0 bridgehead atoms. The van der Waals surface area contributed by atoms with E-state index in [2.05, 4.69) is 41.5 Å². The molecule has 0 aromatic heterocycles. The predicted octanol–water partition coefficient (Wildman–Crippen LogP) is 5.03. The first-order chi connectivity index (χ1) is 5.54. The van der Waals surface area contributed by atoms with E-state index in [9.17, 15) is 0 Å². The molecule has 0 amide bonds. The molecule has 0 heteroatoms. The average Bonchev–Trinajstić information content (AvgIpc) is 1.88. The van der Waals surface area contributed by atoms with E-state index < -0.39 is 0 Å². The van der Waals surface area contributed by atoms with Gasteiger partial charge < -0.3 is 0 Å². The molecule has 0 heterocycles. The Balaban J connectivity index is 0. The maximum atomic E-state index is 2.33. The van der Waals surface area contributed by atoms with Crippen molar-refractivity contribution in [3.8, 4) is 0 Å². The van der Waals surface area contributed by atoms with Crippen LogP contribution in [0, 0.1) is 5.41 Å². The van der Waals surface area contributed by atoms with Crippen molar-refractivity contribution in [1.29, 1.82) is 0 Å². The molecule has 0 nitrogen and oxygen atoms in total. The molecular formula is C12H28. The highest BCUT2D eigenvalue weighted by Gasteiger charge is 2.24. The summed E-state index contributed by atoms with van der Waals surface area (Å²) in [6.07, 6.45) is 6.87. The van der Waals surface area contributed by atoms with Crippen molar-refractivity contribution >= 4 is 0 Å². The lowest BCUT2D eigenvalue weighted by atomic mass is 9.72. The van der Waals surface area contributed by atoms with E-state index in [0.29, 0.717) is 0 Å². The molecule has 1 rings (SSSR count). The van der Waals surface area contributed by atoms with Gasteiger partial charge in [-0.05, 0) is 18.3 Å². The van der Waals surface area contributed by atoms with Gasteiger partial charge in [-0.1, -0.05) is 60.8 Å². The van der Waals surface area contributed by atoms with Crippen LogP contribution in [0.1, 0.15) is 73.6 Å². The fourth-order valence-corrected chi connectivity index (χ4v) is 0.884. The zero-order valence-corrected chi connectivity index (χ0v) is 10.0. The zero-order chi connectivity index (χ0) is 10.0. The van der Waals surface area contributed by atoms with E-state index >= 15 is 0 Å². The Labute approximate surface area is 79.8 Å². The molecule has 0 N–H and O–H groups in total. The van der Waals surface area contributed by atoms with E-state index in [4.69, 9.17) is 0 Å². The molecule has 1 aliphatic carbocycles. The van der Waals surface area contributed by atoms with Crippen LogP contribution in [0.25, 0.3) is 0 Å². The first-order valence-electron chi connectivity index (χ1n) is 5.54. The summed E-state index contributed by atoms with van der Waals surface area (Å²) in [5.41, 5.74) is 0.722. The lowest BCUT2D eigenvalue weighted by Gasteiger charge is -2.33. The second-order valence-corrected chi connectivity index (χ2v) is 4.43. The molecular weight excluding hydrogens is 144 g/mol. The lowest BCUT2D eigenvalue weighted by molar-refractivity contribution is 0.190. The SMILES string of the molecule is CC1(C)CCC1.CCC.CCC. The van der Waals surface area contributed by atoms with Gasteiger partial charge in [-0.25, -0.2) is 0 Å². The highest BCUT2D eigenvalue weighted by atomic mass is 14.3. The molecule has 12 heavy (non-hydrogen) atoms. The third-order valence-electron chi connectivity index (χ3n) is 1.71. The van der Waals surface area contributed by atoms with Crippen molar-refractivity contribution in [3.05, 3.63) is 0 Å². The minimum atomic E-state index is 0.722. The van der Waals surface area contributed by atoms with Gasteiger partial charge in [0.1, 0.15) is 0 Å². The van der Waals surface area contributed by atoms with Crippen LogP contribution in [-0.2, 0) is 0 Å². The second kappa shape index (κ2) is 9.09. The maximum absolute atomic E-state index is 2.33. The van der Waals surface area contributed by atoms with Gasteiger partial charge in [-0.3, -0.25) is 0 Å². The van der Waals surface area contributed by atoms with Crippen molar-refractivity contribution < 1.29 is 0 Å². The molecule has 76 valence electrons. The molecule has 0 radical (unpaired) electrons. The van der Waals surface area contributed by atoms with Crippen LogP contribution in [0.4, 0.5) is 0 Å². The van der Waals surface area contributed by atoms with Gasteiger partial charge in [0.2, 0.25) is 0 Å². The third kappa shape index (κ3) is 12.7. The molecule has 0 spiro atoms. The van der Waals surface area contributed by atoms with Crippen molar-refractivity contribution in [2.75, 3.05) is 0 Å². The van der Waals surface area contributed by atoms with Crippen molar-refractivity contribution in [1.82, 2.24) is 0 Å². The molecule has 1 fully saturated rings. The molecule has 0 aromatic carbocycles. The average molecular weight is 172 g/mol. The summed E-state index contributed by atoms with van der Waals surface area (Å²) in [5, 5.41) is 0. The van der Waals surface area contributed by atoms with Crippen molar-refractivity contribution in [3.63, 3.8) is 0 Å². The fraction of sp³-hybridized carbons (Fsp3) is 1.00. The summed E-state index contributed by atoms with van der Waals surface area (Å²) in [7, 11) is 0. The Hall–Kier alpha value is 0. The van der Waals surface area contributed by atoms with Gasteiger partial charge in [0.25, 0.3) is 0 Å². The highest BCUT2D eigenvalue weighted by Crippen LogP contribution is 2.38. The predicted molar refractivity (Wildman–Crippen MR) is 59.6 cm³/mol. The topological polar surface area (TPSA) is 0 Å². The normalized spacial score (nSPS) is 17.5.